The third kappa shape index (κ3) is 3.18. The number of benzene rings is 1. The minimum Gasteiger partial charge on any atom is -0.336 e. The highest BCUT2D eigenvalue weighted by atomic mass is 19.1. The number of hydrogen-bond donors (Lipinski definition) is 0. The molecule has 0 unspecified atom stereocenters. The van der Waals surface area contributed by atoms with E-state index in [2.05, 4.69) is 25.7 Å². The summed E-state index contributed by atoms with van der Waals surface area (Å²) in [5, 5.41) is 0. The molecular formula is C16H23FN2O. The van der Waals surface area contributed by atoms with Gasteiger partial charge >= 0.3 is 0 Å². The van der Waals surface area contributed by atoms with Crippen molar-refractivity contribution in [1.29, 1.82) is 0 Å². The van der Waals surface area contributed by atoms with Crippen LogP contribution in [0.2, 0.25) is 0 Å². The molecule has 0 saturated carbocycles. The molecule has 0 radical (unpaired) electrons. The van der Waals surface area contributed by atoms with Crippen LogP contribution in [0.1, 0.15) is 36.7 Å². The number of rotatable bonds is 1. The van der Waals surface area contributed by atoms with Gasteiger partial charge in [-0.3, -0.25) is 4.79 Å². The fraction of sp³-hybridized carbons (Fsp3) is 0.562. The SMILES string of the molecule is CN1CCN(C(=O)c2cc(C(C)(C)C)ccc2F)CC1. The molecule has 3 nitrogen and oxygen atoms in total. The fourth-order valence-electron chi connectivity index (χ4n) is 2.34. The van der Waals surface area contributed by atoms with Crippen LogP contribution in [0.25, 0.3) is 0 Å². The highest BCUT2D eigenvalue weighted by Crippen LogP contribution is 2.25. The first-order valence-corrected chi connectivity index (χ1v) is 7.07. The summed E-state index contributed by atoms with van der Waals surface area (Å²) < 4.78 is 14.0. The second-order valence-corrected chi connectivity index (χ2v) is 6.54. The first-order chi connectivity index (χ1) is 9.29. The zero-order valence-corrected chi connectivity index (χ0v) is 12.7. The number of hydrogen-bond acceptors (Lipinski definition) is 2. The quantitative estimate of drug-likeness (QED) is 0.788. The Morgan fingerprint density at radius 3 is 2.30 bits per heavy atom. The lowest BCUT2D eigenvalue weighted by Gasteiger charge is -2.32. The number of likely N-dealkylation sites (N-methyl/N-ethyl adjacent to an activating group) is 1. The number of piperazine rings is 1. The Morgan fingerprint density at radius 1 is 1.15 bits per heavy atom. The maximum absolute atomic E-state index is 14.0. The summed E-state index contributed by atoms with van der Waals surface area (Å²) in [5.74, 6) is -0.622. The van der Waals surface area contributed by atoms with Crippen LogP contribution in [-0.4, -0.2) is 48.9 Å². The minimum absolute atomic E-state index is 0.0924. The van der Waals surface area contributed by atoms with Crippen LogP contribution in [0.3, 0.4) is 0 Å². The van der Waals surface area contributed by atoms with Crippen LogP contribution in [0.15, 0.2) is 18.2 Å². The molecule has 1 heterocycles. The van der Waals surface area contributed by atoms with Crippen molar-refractivity contribution in [3.63, 3.8) is 0 Å². The summed E-state index contributed by atoms with van der Waals surface area (Å²) in [5.41, 5.74) is 1.09. The number of carbonyl (C=O) groups excluding carboxylic acids is 1. The van der Waals surface area contributed by atoms with E-state index in [0.29, 0.717) is 13.1 Å². The van der Waals surface area contributed by atoms with Gasteiger partial charge in [-0.15, -0.1) is 0 Å². The second kappa shape index (κ2) is 5.52. The van der Waals surface area contributed by atoms with Crippen molar-refractivity contribution < 1.29 is 9.18 Å². The first kappa shape index (κ1) is 15.0. The van der Waals surface area contributed by atoms with Gasteiger partial charge in [-0.1, -0.05) is 26.8 Å². The molecule has 0 bridgehead atoms. The van der Waals surface area contributed by atoms with Crippen LogP contribution in [0, 0.1) is 5.82 Å². The van der Waals surface area contributed by atoms with Gasteiger partial charge in [0.15, 0.2) is 0 Å². The van der Waals surface area contributed by atoms with Crippen molar-refractivity contribution in [3.8, 4) is 0 Å². The molecule has 1 aliphatic heterocycles. The molecule has 20 heavy (non-hydrogen) atoms. The summed E-state index contributed by atoms with van der Waals surface area (Å²) >= 11 is 0. The van der Waals surface area contributed by atoms with Gasteiger partial charge < -0.3 is 9.80 Å². The van der Waals surface area contributed by atoms with E-state index in [4.69, 9.17) is 0 Å². The van der Waals surface area contributed by atoms with Gasteiger partial charge in [-0.2, -0.15) is 0 Å². The third-order valence-corrected chi connectivity index (χ3v) is 3.85. The summed E-state index contributed by atoms with van der Waals surface area (Å²) in [7, 11) is 2.03. The molecular weight excluding hydrogens is 255 g/mol. The second-order valence-electron chi connectivity index (χ2n) is 6.54. The van der Waals surface area contributed by atoms with Crippen LogP contribution < -0.4 is 0 Å². The Labute approximate surface area is 120 Å². The Morgan fingerprint density at radius 2 is 1.75 bits per heavy atom. The van der Waals surface area contributed by atoms with Crippen molar-refractivity contribution in [1.82, 2.24) is 9.80 Å². The van der Waals surface area contributed by atoms with E-state index < -0.39 is 5.82 Å². The van der Waals surface area contributed by atoms with E-state index in [9.17, 15) is 9.18 Å². The average Bonchev–Trinajstić information content (AvgIpc) is 2.38. The van der Waals surface area contributed by atoms with Crippen LogP contribution >= 0.6 is 0 Å². The normalized spacial score (nSPS) is 17.4. The van der Waals surface area contributed by atoms with Crippen molar-refractivity contribution in [2.24, 2.45) is 0 Å². The molecule has 0 N–H and O–H groups in total. The highest BCUT2D eigenvalue weighted by Gasteiger charge is 2.24. The molecule has 0 aromatic heterocycles. The van der Waals surface area contributed by atoms with Gasteiger partial charge in [0.05, 0.1) is 5.56 Å². The minimum atomic E-state index is -0.429. The lowest BCUT2D eigenvalue weighted by Crippen LogP contribution is -2.47. The van der Waals surface area contributed by atoms with E-state index in [1.54, 1.807) is 17.0 Å². The van der Waals surface area contributed by atoms with E-state index in [-0.39, 0.29) is 16.9 Å². The molecule has 0 spiro atoms. The van der Waals surface area contributed by atoms with Gasteiger partial charge in [0.1, 0.15) is 5.82 Å². The largest absolute Gasteiger partial charge is 0.336 e. The van der Waals surface area contributed by atoms with Gasteiger partial charge in [-0.05, 0) is 30.2 Å². The lowest BCUT2D eigenvalue weighted by molar-refractivity contribution is 0.0659. The summed E-state index contributed by atoms with van der Waals surface area (Å²) in [6, 6.07) is 4.87. The van der Waals surface area contributed by atoms with Crippen molar-refractivity contribution in [2.45, 2.75) is 26.2 Å². The molecule has 0 atom stereocenters. The molecule has 2 rings (SSSR count). The molecule has 110 valence electrons. The lowest BCUT2D eigenvalue weighted by atomic mass is 9.86. The Balaban J connectivity index is 2.25. The highest BCUT2D eigenvalue weighted by molar-refractivity contribution is 5.94. The summed E-state index contributed by atoms with van der Waals surface area (Å²) in [4.78, 5) is 16.4. The van der Waals surface area contributed by atoms with Gasteiger partial charge in [0.2, 0.25) is 0 Å². The third-order valence-electron chi connectivity index (χ3n) is 3.85. The van der Waals surface area contributed by atoms with Crippen molar-refractivity contribution in [3.05, 3.63) is 35.1 Å². The van der Waals surface area contributed by atoms with Gasteiger partial charge in [0.25, 0.3) is 5.91 Å². The van der Waals surface area contributed by atoms with Gasteiger partial charge in [0, 0.05) is 26.2 Å². The number of amides is 1. The number of nitrogens with zero attached hydrogens (tertiary/aromatic N) is 2. The zero-order valence-electron chi connectivity index (χ0n) is 12.7. The van der Waals surface area contributed by atoms with E-state index in [0.717, 1.165) is 18.7 Å². The first-order valence-electron chi connectivity index (χ1n) is 7.07. The maximum atomic E-state index is 14.0. The van der Waals surface area contributed by atoms with Gasteiger partial charge in [-0.25, -0.2) is 4.39 Å². The molecule has 1 amide bonds. The number of carbonyl (C=O) groups is 1. The monoisotopic (exact) mass is 278 g/mol. The molecule has 4 heteroatoms. The van der Waals surface area contributed by atoms with E-state index >= 15 is 0 Å². The fourth-order valence-corrected chi connectivity index (χ4v) is 2.34. The molecule has 1 aromatic rings. The number of halogens is 1. The molecule has 1 saturated heterocycles. The van der Waals surface area contributed by atoms with Crippen LogP contribution in [0.5, 0.6) is 0 Å². The standard InChI is InChI=1S/C16H23FN2O/c1-16(2,3)12-5-6-14(17)13(11-12)15(20)19-9-7-18(4)8-10-19/h5-6,11H,7-10H2,1-4H3. The zero-order chi connectivity index (χ0) is 14.9. The molecule has 1 aliphatic rings. The van der Waals surface area contributed by atoms with E-state index in [1.807, 2.05) is 7.05 Å². The summed E-state index contributed by atoms with van der Waals surface area (Å²) in [6.45, 7) is 9.18. The predicted octanol–water partition coefficient (Wildman–Crippen LogP) is 2.51. The average molecular weight is 278 g/mol. The van der Waals surface area contributed by atoms with E-state index in [1.165, 1.54) is 6.07 Å². The molecule has 0 aliphatic carbocycles. The predicted molar refractivity (Wildman–Crippen MR) is 78.5 cm³/mol. The topological polar surface area (TPSA) is 23.6 Å². The Bertz CT molecular complexity index is 500. The van der Waals surface area contributed by atoms with Crippen molar-refractivity contribution in [2.75, 3.05) is 33.2 Å². The van der Waals surface area contributed by atoms with Crippen molar-refractivity contribution >= 4 is 5.91 Å². The Hall–Kier alpha value is -1.42. The summed E-state index contributed by atoms with van der Waals surface area (Å²) in [6.07, 6.45) is 0. The molecule has 1 fully saturated rings. The maximum Gasteiger partial charge on any atom is 0.256 e. The van der Waals surface area contributed by atoms with Crippen LogP contribution in [-0.2, 0) is 5.41 Å². The van der Waals surface area contributed by atoms with Crippen LogP contribution in [0.4, 0.5) is 4.39 Å². The Kier molecular flexibility index (Phi) is 4.14. The molecule has 1 aromatic carbocycles. The smallest absolute Gasteiger partial charge is 0.256 e.